The minimum absolute atomic E-state index is 0.491. The van der Waals surface area contributed by atoms with Crippen LogP contribution in [0.4, 0.5) is 4.79 Å². The average Bonchev–Trinajstić information content (AvgIpc) is 2.76. The van der Waals surface area contributed by atoms with E-state index in [0.717, 1.165) is 21.8 Å². The number of nitrogens with two attached hydrogens (primary N) is 1. The molecule has 0 spiro atoms. The number of H-pyrrole nitrogens is 1. The smallest absolute Gasteiger partial charge is 0.405 e. The molecule has 0 saturated heterocycles. The fourth-order valence-corrected chi connectivity index (χ4v) is 2.33. The van der Waals surface area contributed by atoms with Crippen LogP contribution in [0.1, 0.15) is 18.7 Å². The third kappa shape index (κ3) is 1.89. The Morgan fingerprint density at radius 1 is 1.32 bits per heavy atom. The summed E-state index contributed by atoms with van der Waals surface area (Å²) in [5, 5.41) is 2.17. The second-order valence-electron chi connectivity index (χ2n) is 4.37. The summed E-state index contributed by atoms with van der Waals surface area (Å²) in [7, 11) is 0. The summed E-state index contributed by atoms with van der Waals surface area (Å²) in [5.74, 6) is 0. The Labute approximate surface area is 109 Å². The van der Waals surface area contributed by atoms with E-state index in [1.165, 1.54) is 0 Å². The van der Waals surface area contributed by atoms with E-state index < -0.39 is 12.2 Å². The number of carbonyl (C=O) groups excluding carboxylic acids is 1. The number of nitrogens with zero attached hydrogens (tertiary/aromatic N) is 1. The van der Waals surface area contributed by atoms with Gasteiger partial charge < -0.3 is 15.5 Å². The summed E-state index contributed by atoms with van der Waals surface area (Å²) >= 11 is 0. The zero-order chi connectivity index (χ0) is 13.4. The van der Waals surface area contributed by atoms with E-state index in [-0.39, 0.29) is 0 Å². The van der Waals surface area contributed by atoms with Gasteiger partial charge in [0, 0.05) is 22.5 Å². The first-order valence-electron chi connectivity index (χ1n) is 5.98. The van der Waals surface area contributed by atoms with Gasteiger partial charge in [0.05, 0.1) is 5.52 Å². The number of primary amides is 1. The number of hydrogen-bond donors (Lipinski definition) is 2. The van der Waals surface area contributed by atoms with Crippen molar-refractivity contribution in [1.29, 1.82) is 0 Å². The molecule has 5 nitrogen and oxygen atoms in total. The van der Waals surface area contributed by atoms with Crippen molar-refractivity contribution in [3.8, 4) is 0 Å². The van der Waals surface area contributed by atoms with Crippen molar-refractivity contribution in [2.45, 2.75) is 13.0 Å². The lowest BCUT2D eigenvalue weighted by atomic mass is 10.1. The Morgan fingerprint density at radius 3 is 2.89 bits per heavy atom. The van der Waals surface area contributed by atoms with Crippen LogP contribution in [0.3, 0.4) is 0 Å². The molecular formula is C14H13N3O2. The summed E-state index contributed by atoms with van der Waals surface area (Å²) in [6.07, 6.45) is 0.412. The topological polar surface area (TPSA) is 81.0 Å². The van der Waals surface area contributed by atoms with Crippen molar-refractivity contribution in [2.24, 2.45) is 5.73 Å². The van der Waals surface area contributed by atoms with Gasteiger partial charge in [-0.15, -0.1) is 0 Å². The minimum atomic E-state index is -0.803. The van der Waals surface area contributed by atoms with Crippen LogP contribution in [0.2, 0.25) is 0 Å². The normalized spacial score (nSPS) is 12.7. The summed E-state index contributed by atoms with van der Waals surface area (Å²) in [5.41, 5.74) is 7.62. The maximum Gasteiger partial charge on any atom is 0.405 e. The number of nitrogens with one attached hydrogen (secondary N) is 1. The lowest BCUT2D eigenvalue weighted by molar-refractivity contribution is 0.115. The maximum atomic E-state index is 10.9. The summed E-state index contributed by atoms with van der Waals surface area (Å²) in [6, 6.07) is 9.93. The number of aromatic nitrogens is 2. The molecule has 2 heterocycles. The Kier molecular flexibility index (Phi) is 2.59. The third-order valence-electron chi connectivity index (χ3n) is 3.14. The van der Waals surface area contributed by atoms with Crippen LogP contribution in [0.25, 0.3) is 21.8 Å². The van der Waals surface area contributed by atoms with Gasteiger partial charge in [-0.2, -0.15) is 0 Å². The lowest BCUT2D eigenvalue weighted by Crippen LogP contribution is -2.16. The second kappa shape index (κ2) is 4.28. The SMILES string of the molecule is CC(OC(N)=O)c1nccc2c1[nH]c1ccccc12. The van der Waals surface area contributed by atoms with Crippen molar-refractivity contribution in [1.82, 2.24) is 9.97 Å². The van der Waals surface area contributed by atoms with E-state index in [2.05, 4.69) is 9.97 Å². The lowest BCUT2D eigenvalue weighted by Gasteiger charge is -2.11. The van der Waals surface area contributed by atoms with E-state index in [9.17, 15) is 4.79 Å². The third-order valence-corrected chi connectivity index (χ3v) is 3.14. The highest BCUT2D eigenvalue weighted by atomic mass is 16.6. The molecule has 0 bridgehead atoms. The van der Waals surface area contributed by atoms with E-state index >= 15 is 0 Å². The second-order valence-corrected chi connectivity index (χ2v) is 4.37. The minimum Gasteiger partial charge on any atom is -0.440 e. The van der Waals surface area contributed by atoms with Gasteiger partial charge in [0.1, 0.15) is 11.8 Å². The van der Waals surface area contributed by atoms with Gasteiger partial charge in [-0.25, -0.2) is 4.79 Å². The molecule has 3 aromatic rings. The zero-order valence-corrected chi connectivity index (χ0v) is 10.4. The van der Waals surface area contributed by atoms with E-state index in [0.29, 0.717) is 5.69 Å². The van der Waals surface area contributed by atoms with Gasteiger partial charge >= 0.3 is 6.09 Å². The monoisotopic (exact) mass is 255 g/mol. The first-order chi connectivity index (χ1) is 9.16. The summed E-state index contributed by atoms with van der Waals surface area (Å²) < 4.78 is 5.00. The number of para-hydroxylation sites is 1. The molecule has 5 heteroatoms. The van der Waals surface area contributed by atoms with Crippen molar-refractivity contribution in [3.63, 3.8) is 0 Å². The Bertz CT molecular complexity index is 764. The van der Waals surface area contributed by atoms with Crippen molar-refractivity contribution < 1.29 is 9.53 Å². The molecule has 2 aromatic heterocycles. The molecule has 0 aliphatic heterocycles. The van der Waals surface area contributed by atoms with Crippen molar-refractivity contribution >= 4 is 27.9 Å². The number of pyridine rings is 1. The number of rotatable bonds is 2. The van der Waals surface area contributed by atoms with Crippen LogP contribution in [-0.2, 0) is 4.74 Å². The van der Waals surface area contributed by atoms with Gasteiger partial charge in [-0.1, -0.05) is 18.2 Å². The Morgan fingerprint density at radius 2 is 2.11 bits per heavy atom. The fraction of sp³-hybridized carbons (Fsp3) is 0.143. The zero-order valence-electron chi connectivity index (χ0n) is 10.4. The van der Waals surface area contributed by atoms with Gasteiger partial charge in [0.25, 0.3) is 0 Å². The molecule has 0 fully saturated rings. The van der Waals surface area contributed by atoms with Crippen LogP contribution < -0.4 is 5.73 Å². The first-order valence-corrected chi connectivity index (χ1v) is 5.98. The predicted molar refractivity (Wildman–Crippen MR) is 72.7 cm³/mol. The average molecular weight is 255 g/mol. The van der Waals surface area contributed by atoms with E-state index in [1.807, 2.05) is 30.3 Å². The number of carbonyl (C=O) groups is 1. The largest absolute Gasteiger partial charge is 0.440 e. The highest BCUT2D eigenvalue weighted by Gasteiger charge is 2.16. The first kappa shape index (κ1) is 11.5. The molecule has 1 amide bonds. The molecule has 1 aromatic carbocycles. The van der Waals surface area contributed by atoms with Crippen molar-refractivity contribution in [3.05, 3.63) is 42.2 Å². The quantitative estimate of drug-likeness (QED) is 0.738. The molecule has 19 heavy (non-hydrogen) atoms. The fourth-order valence-electron chi connectivity index (χ4n) is 2.33. The van der Waals surface area contributed by atoms with Crippen LogP contribution in [-0.4, -0.2) is 16.1 Å². The molecule has 96 valence electrons. The van der Waals surface area contributed by atoms with Gasteiger partial charge in [0.2, 0.25) is 0 Å². The number of benzene rings is 1. The highest BCUT2D eigenvalue weighted by Crippen LogP contribution is 2.29. The van der Waals surface area contributed by atoms with Crippen LogP contribution in [0.15, 0.2) is 36.5 Å². The van der Waals surface area contributed by atoms with Crippen LogP contribution in [0.5, 0.6) is 0 Å². The number of aromatic amines is 1. The van der Waals surface area contributed by atoms with Gasteiger partial charge in [-0.05, 0) is 19.1 Å². The molecule has 0 aliphatic carbocycles. The maximum absolute atomic E-state index is 10.9. The molecule has 0 saturated carbocycles. The number of ether oxygens (including phenoxy) is 1. The Balaban J connectivity index is 2.23. The summed E-state index contributed by atoms with van der Waals surface area (Å²) in [4.78, 5) is 18.5. The Hall–Kier alpha value is -2.56. The number of fused-ring (bicyclic) bond motifs is 3. The van der Waals surface area contributed by atoms with Crippen molar-refractivity contribution in [2.75, 3.05) is 0 Å². The summed E-state index contributed by atoms with van der Waals surface area (Å²) in [6.45, 7) is 1.75. The molecule has 3 rings (SSSR count). The van der Waals surface area contributed by atoms with Crippen LogP contribution >= 0.6 is 0 Å². The van der Waals surface area contributed by atoms with Crippen LogP contribution in [0, 0.1) is 0 Å². The van der Waals surface area contributed by atoms with E-state index in [1.54, 1.807) is 13.1 Å². The molecule has 1 unspecified atom stereocenters. The predicted octanol–water partition coefficient (Wildman–Crippen LogP) is 2.87. The molecular weight excluding hydrogens is 242 g/mol. The number of hydrogen-bond acceptors (Lipinski definition) is 3. The molecule has 0 radical (unpaired) electrons. The molecule has 3 N–H and O–H groups in total. The van der Waals surface area contributed by atoms with E-state index in [4.69, 9.17) is 10.5 Å². The molecule has 1 atom stereocenters. The standard InChI is InChI=1S/C14H13N3O2/c1-8(19-14(15)18)12-13-10(6-7-16-12)9-4-2-3-5-11(9)17-13/h2-8,17H,1H3,(H2,15,18). The van der Waals surface area contributed by atoms with Gasteiger partial charge in [0.15, 0.2) is 0 Å². The number of amides is 1. The molecule has 0 aliphatic rings. The van der Waals surface area contributed by atoms with Gasteiger partial charge in [-0.3, -0.25) is 4.98 Å². The highest BCUT2D eigenvalue weighted by molar-refractivity contribution is 6.07.